The quantitative estimate of drug-likeness (QED) is 0.382. The van der Waals surface area contributed by atoms with Crippen LogP contribution in [0.25, 0.3) is 6.08 Å². The molecule has 0 spiro atoms. The zero-order chi connectivity index (χ0) is 19.3. The van der Waals surface area contributed by atoms with Gasteiger partial charge in [0.2, 0.25) is 0 Å². The fourth-order valence-corrected chi connectivity index (χ4v) is 2.34. The Labute approximate surface area is 150 Å². The number of ether oxygens (including phenoxy) is 1. The first-order valence-corrected chi connectivity index (χ1v) is 7.68. The Bertz CT molecular complexity index is 942. The maximum absolute atomic E-state index is 12.4. The molecule has 7 nitrogen and oxygen atoms in total. The van der Waals surface area contributed by atoms with Crippen LogP contribution in [0.5, 0.6) is 5.75 Å². The SMILES string of the molecule is COc1ccc(C)cc1NC(=O)/C(C#N)=C/c1ccc(C)c([N+](=O)[O-])c1. The van der Waals surface area contributed by atoms with Crippen molar-refractivity contribution in [2.45, 2.75) is 13.8 Å². The highest BCUT2D eigenvalue weighted by atomic mass is 16.6. The Morgan fingerprint density at radius 1 is 1.27 bits per heavy atom. The number of carbonyl (C=O) groups excluding carboxylic acids is 1. The number of nitrogens with zero attached hydrogens (tertiary/aromatic N) is 2. The molecule has 1 N–H and O–H groups in total. The lowest BCUT2D eigenvalue weighted by molar-refractivity contribution is -0.385. The summed E-state index contributed by atoms with van der Waals surface area (Å²) in [5.74, 6) is -0.160. The molecule has 2 aromatic rings. The number of carbonyl (C=O) groups is 1. The molecule has 7 heteroatoms. The zero-order valence-electron chi connectivity index (χ0n) is 14.6. The molecule has 0 bridgehead atoms. The van der Waals surface area contributed by atoms with Crippen molar-refractivity contribution in [1.82, 2.24) is 0 Å². The lowest BCUT2D eigenvalue weighted by atomic mass is 10.1. The third-order valence-corrected chi connectivity index (χ3v) is 3.71. The number of hydrogen-bond donors (Lipinski definition) is 1. The molecule has 0 aromatic heterocycles. The van der Waals surface area contributed by atoms with Crippen LogP contribution in [-0.4, -0.2) is 17.9 Å². The van der Waals surface area contributed by atoms with Gasteiger partial charge in [-0.15, -0.1) is 0 Å². The summed E-state index contributed by atoms with van der Waals surface area (Å²) >= 11 is 0. The van der Waals surface area contributed by atoms with E-state index in [1.54, 1.807) is 31.2 Å². The van der Waals surface area contributed by atoms with E-state index in [2.05, 4.69) is 5.32 Å². The van der Waals surface area contributed by atoms with Crippen LogP contribution in [0.2, 0.25) is 0 Å². The van der Waals surface area contributed by atoms with Crippen LogP contribution in [-0.2, 0) is 4.79 Å². The van der Waals surface area contributed by atoms with Gasteiger partial charge in [0.1, 0.15) is 17.4 Å². The van der Waals surface area contributed by atoms with Gasteiger partial charge in [-0.2, -0.15) is 5.26 Å². The highest BCUT2D eigenvalue weighted by Gasteiger charge is 2.15. The Hall–Kier alpha value is -3.66. The van der Waals surface area contributed by atoms with Crippen molar-refractivity contribution in [2.75, 3.05) is 12.4 Å². The molecule has 0 heterocycles. The smallest absolute Gasteiger partial charge is 0.272 e. The summed E-state index contributed by atoms with van der Waals surface area (Å²) in [6, 6.07) is 11.6. The van der Waals surface area contributed by atoms with Gasteiger partial charge in [-0.25, -0.2) is 0 Å². The maximum Gasteiger partial charge on any atom is 0.272 e. The number of benzene rings is 2. The molecule has 2 aromatic carbocycles. The Morgan fingerprint density at radius 3 is 2.62 bits per heavy atom. The summed E-state index contributed by atoms with van der Waals surface area (Å²) in [6.07, 6.45) is 1.31. The third kappa shape index (κ3) is 4.24. The second-order valence-corrected chi connectivity index (χ2v) is 5.63. The molecule has 2 rings (SSSR count). The van der Waals surface area contributed by atoms with E-state index in [0.717, 1.165) is 5.56 Å². The minimum absolute atomic E-state index is 0.0724. The predicted octanol–water partition coefficient (Wildman–Crippen LogP) is 3.77. The molecule has 132 valence electrons. The summed E-state index contributed by atoms with van der Waals surface area (Å²) in [4.78, 5) is 23.0. The van der Waals surface area contributed by atoms with E-state index in [-0.39, 0.29) is 11.3 Å². The van der Waals surface area contributed by atoms with Gasteiger partial charge >= 0.3 is 0 Å². The van der Waals surface area contributed by atoms with E-state index in [1.165, 1.54) is 19.3 Å². The van der Waals surface area contributed by atoms with Gasteiger partial charge in [-0.1, -0.05) is 18.2 Å². The fraction of sp³-hybridized carbons (Fsp3) is 0.158. The monoisotopic (exact) mass is 351 g/mol. The molecular formula is C19H17N3O4. The van der Waals surface area contributed by atoms with E-state index >= 15 is 0 Å². The molecule has 0 saturated heterocycles. The standard InChI is InChI=1S/C19H17N3O4/c1-12-4-7-18(26-3)16(8-12)21-19(23)15(11-20)9-14-6-5-13(2)17(10-14)22(24)25/h4-10H,1-3H3,(H,21,23)/b15-9+. The van der Waals surface area contributed by atoms with Crippen LogP contribution in [0, 0.1) is 35.3 Å². The van der Waals surface area contributed by atoms with Crippen molar-refractivity contribution in [3.8, 4) is 11.8 Å². The minimum Gasteiger partial charge on any atom is -0.495 e. The van der Waals surface area contributed by atoms with Crippen molar-refractivity contribution in [3.63, 3.8) is 0 Å². The second kappa shape index (κ2) is 7.94. The lowest BCUT2D eigenvalue weighted by Gasteiger charge is -2.10. The number of nitriles is 1. The van der Waals surface area contributed by atoms with Gasteiger partial charge in [-0.05, 0) is 43.2 Å². The van der Waals surface area contributed by atoms with E-state index in [0.29, 0.717) is 22.6 Å². The molecule has 0 unspecified atom stereocenters. The number of methoxy groups -OCH3 is 1. The highest BCUT2D eigenvalue weighted by Crippen LogP contribution is 2.26. The van der Waals surface area contributed by atoms with Crippen LogP contribution in [0.1, 0.15) is 16.7 Å². The van der Waals surface area contributed by atoms with E-state index in [9.17, 15) is 20.2 Å². The first-order chi connectivity index (χ1) is 12.3. The summed E-state index contributed by atoms with van der Waals surface area (Å²) < 4.78 is 5.20. The highest BCUT2D eigenvalue weighted by molar-refractivity contribution is 6.10. The minimum atomic E-state index is -0.625. The van der Waals surface area contributed by atoms with Gasteiger partial charge in [-0.3, -0.25) is 14.9 Å². The summed E-state index contributed by atoms with van der Waals surface area (Å²) in [6.45, 7) is 3.48. The average molecular weight is 351 g/mol. The van der Waals surface area contributed by atoms with Crippen LogP contribution in [0.3, 0.4) is 0 Å². The van der Waals surface area contributed by atoms with Crippen LogP contribution >= 0.6 is 0 Å². The Balaban J connectivity index is 2.34. The molecule has 26 heavy (non-hydrogen) atoms. The van der Waals surface area contributed by atoms with Crippen molar-refractivity contribution in [3.05, 3.63) is 68.8 Å². The summed E-state index contributed by atoms with van der Waals surface area (Å²) in [5.41, 5.74) is 2.00. The van der Waals surface area contributed by atoms with Crippen LogP contribution in [0.4, 0.5) is 11.4 Å². The fourth-order valence-electron chi connectivity index (χ4n) is 2.34. The molecule has 1 amide bonds. The number of aryl methyl sites for hydroxylation is 2. The Kier molecular flexibility index (Phi) is 5.71. The van der Waals surface area contributed by atoms with Crippen molar-refractivity contribution < 1.29 is 14.5 Å². The van der Waals surface area contributed by atoms with E-state index in [4.69, 9.17) is 4.74 Å². The molecule has 0 aliphatic carbocycles. The molecular weight excluding hydrogens is 334 g/mol. The number of rotatable bonds is 5. The average Bonchev–Trinajstić information content (AvgIpc) is 2.60. The van der Waals surface area contributed by atoms with Crippen molar-refractivity contribution in [1.29, 1.82) is 5.26 Å². The number of anilines is 1. The molecule has 0 saturated carbocycles. The van der Waals surface area contributed by atoms with Crippen LogP contribution < -0.4 is 10.1 Å². The predicted molar refractivity (Wildman–Crippen MR) is 97.8 cm³/mol. The topological polar surface area (TPSA) is 105 Å². The number of nitro groups is 1. The maximum atomic E-state index is 12.4. The van der Waals surface area contributed by atoms with Gasteiger partial charge in [0, 0.05) is 11.6 Å². The molecule has 0 aliphatic rings. The molecule has 0 radical (unpaired) electrons. The zero-order valence-corrected chi connectivity index (χ0v) is 14.6. The van der Waals surface area contributed by atoms with Crippen LogP contribution in [0.15, 0.2) is 42.0 Å². The van der Waals surface area contributed by atoms with Gasteiger partial charge in [0.05, 0.1) is 17.7 Å². The van der Waals surface area contributed by atoms with Crippen molar-refractivity contribution in [2.24, 2.45) is 0 Å². The van der Waals surface area contributed by atoms with E-state index < -0.39 is 10.8 Å². The van der Waals surface area contributed by atoms with Crippen molar-refractivity contribution >= 4 is 23.4 Å². The van der Waals surface area contributed by atoms with Gasteiger partial charge < -0.3 is 10.1 Å². The number of amides is 1. The number of nitro benzene ring substituents is 1. The van der Waals surface area contributed by atoms with Gasteiger partial charge in [0.25, 0.3) is 11.6 Å². The molecule has 0 fully saturated rings. The lowest BCUT2D eigenvalue weighted by Crippen LogP contribution is -2.14. The number of nitrogens with one attached hydrogen (secondary N) is 1. The normalized spacial score (nSPS) is 10.8. The first kappa shape index (κ1) is 18.7. The molecule has 0 atom stereocenters. The van der Waals surface area contributed by atoms with Gasteiger partial charge in [0.15, 0.2) is 0 Å². The number of hydrogen-bond acceptors (Lipinski definition) is 5. The van der Waals surface area contributed by atoms with E-state index in [1.807, 2.05) is 19.1 Å². The molecule has 0 aliphatic heterocycles. The largest absolute Gasteiger partial charge is 0.495 e. The Morgan fingerprint density at radius 2 is 2.00 bits per heavy atom. The second-order valence-electron chi connectivity index (χ2n) is 5.63. The first-order valence-electron chi connectivity index (χ1n) is 7.68. The summed E-state index contributed by atoms with van der Waals surface area (Å²) in [5, 5.41) is 23.0. The third-order valence-electron chi connectivity index (χ3n) is 3.71. The summed E-state index contributed by atoms with van der Waals surface area (Å²) in [7, 11) is 1.48.